The van der Waals surface area contributed by atoms with Gasteiger partial charge in [-0.25, -0.2) is 0 Å². The van der Waals surface area contributed by atoms with Crippen molar-refractivity contribution in [3.8, 4) is 0 Å². The van der Waals surface area contributed by atoms with Crippen LogP contribution in [0.1, 0.15) is 27.8 Å². The number of aryl methyl sites for hydroxylation is 1. The lowest BCUT2D eigenvalue weighted by atomic mass is 10.2. The Kier molecular flexibility index (Phi) is 4.31. The minimum absolute atomic E-state index is 0.0948. The van der Waals surface area contributed by atoms with Crippen LogP contribution in [0.2, 0.25) is 10.0 Å². The fraction of sp³-hybridized carbons (Fsp3) is 0.100. The lowest BCUT2D eigenvalue weighted by Crippen LogP contribution is -2.32. The first kappa shape index (κ1) is 16.9. The molecule has 2 heterocycles. The zero-order valence-electron chi connectivity index (χ0n) is 13.9. The molecule has 1 N–H and O–H groups in total. The largest absolute Gasteiger partial charge is 0.360 e. The van der Waals surface area contributed by atoms with E-state index in [0.29, 0.717) is 21.3 Å². The lowest BCUT2D eigenvalue weighted by Gasteiger charge is -2.26. The average Bonchev–Trinajstić information content (AvgIpc) is 2.88. The Morgan fingerprint density at radius 1 is 1.04 bits per heavy atom. The number of fused-ring (bicyclic) bond motifs is 1. The van der Waals surface area contributed by atoms with Crippen LogP contribution in [0.15, 0.2) is 60.8 Å². The van der Waals surface area contributed by atoms with Crippen molar-refractivity contribution in [3.05, 3.63) is 87.7 Å². The summed E-state index contributed by atoms with van der Waals surface area (Å²) in [4.78, 5) is 19.1. The van der Waals surface area contributed by atoms with Crippen LogP contribution in [0.25, 0.3) is 0 Å². The molecule has 1 atom stereocenters. The summed E-state index contributed by atoms with van der Waals surface area (Å²) < 4.78 is 0. The second-order valence-electron chi connectivity index (χ2n) is 6.15. The van der Waals surface area contributed by atoms with Gasteiger partial charge < -0.3 is 5.32 Å². The van der Waals surface area contributed by atoms with Crippen LogP contribution < -0.4 is 10.2 Å². The number of aromatic nitrogens is 1. The Balaban J connectivity index is 1.79. The molecule has 130 valence electrons. The number of hydrogen-bond acceptors (Lipinski definition) is 3. The molecule has 1 amide bonds. The highest BCUT2D eigenvalue weighted by Crippen LogP contribution is 2.37. The van der Waals surface area contributed by atoms with Crippen molar-refractivity contribution in [2.45, 2.75) is 13.1 Å². The molecule has 3 aromatic rings. The van der Waals surface area contributed by atoms with Gasteiger partial charge in [-0.15, -0.1) is 0 Å². The molecule has 0 aliphatic carbocycles. The average molecular weight is 384 g/mol. The normalized spacial score (nSPS) is 15.9. The molecule has 0 radical (unpaired) electrons. The van der Waals surface area contributed by atoms with Crippen molar-refractivity contribution >= 4 is 40.5 Å². The van der Waals surface area contributed by atoms with E-state index in [9.17, 15) is 4.79 Å². The number of nitrogens with one attached hydrogen (secondary N) is 1. The second-order valence-corrected chi connectivity index (χ2v) is 7.02. The first-order valence-corrected chi connectivity index (χ1v) is 8.86. The van der Waals surface area contributed by atoms with Crippen molar-refractivity contribution in [1.29, 1.82) is 0 Å². The van der Waals surface area contributed by atoms with Crippen LogP contribution in [-0.2, 0) is 0 Å². The van der Waals surface area contributed by atoms with E-state index >= 15 is 0 Å². The van der Waals surface area contributed by atoms with E-state index in [0.717, 1.165) is 16.9 Å². The summed E-state index contributed by atoms with van der Waals surface area (Å²) in [7, 11) is 0. The third-order valence-corrected chi connectivity index (χ3v) is 4.72. The topological polar surface area (TPSA) is 45.2 Å². The van der Waals surface area contributed by atoms with Gasteiger partial charge in [-0.05, 0) is 49.4 Å². The van der Waals surface area contributed by atoms with Gasteiger partial charge in [-0.3, -0.25) is 14.7 Å². The summed E-state index contributed by atoms with van der Waals surface area (Å²) in [6.07, 6.45) is 1.24. The number of hydrogen-bond donors (Lipinski definition) is 1. The van der Waals surface area contributed by atoms with E-state index < -0.39 is 6.17 Å². The third-order valence-electron chi connectivity index (χ3n) is 4.28. The van der Waals surface area contributed by atoms with Crippen LogP contribution in [-0.4, -0.2) is 10.9 Å². The Bertz CT molecular complexity index is 968. The van der Waals surface area contributed by atoms with Crippen molar-refractivity contribution < 1.29 is 4.79 Å². The minimum Gasteiger partial charge on any atom is -0.360 e. The van der Waals surface area contributed by atoms with Crippen LogP contribution in [0.3, 0.4) is 0 Å². The van der Waals surface area contributed by atoms with E-state index in [1.165, 1.54) is 0 Å². The van der Waals surface area contributed by atoms with E-state index in [1.54, 1.807) is 41.4 Å². The zero-order chi connectivity index (χ0) is 18.3. The Hall–Kier alpha value is -2.56. The van der Waals surface area contributed by atoms with Gasteiger partial charge in [0.05, 0.1) is 11.3 Å². The molecule has 1 aliphatic heterocycles. The van der Waals surface area contributed by atoms with Gasteiger partial charge in [0.15, 0.2) is 6.17 Å². The molecule has 4 rings (SSSR count). The first-order valence-electron chi connectivity index (χ1n) is 8.11. The SMILES string of the molecule is Cc1ccc(N2C(=O)c3cccnc3C2Nc2cc(Cl)cc(Cl)c2)cc1. The molecule has 26 heavy (non-hydrogen) atoms. The number of benzene rings is 2. The molecule has 1 unspecified atom stereocenters. The second kappa shape index (κ2) is 6.63. The number of pyridine rings is 1. The summed E-state index contributed by atoms with van der Waals surface area (Å²) in [5.41, 5.74) is 3.90. The maximum absolute atomic E-state index is 13.0. The highest BCUT2D eigenvalue weighted by molar-refractivity contribution is 6.35. The lowest BCUT2D eigenvalue weighted by molar-refractivity contribution is 0.0993. The smallest absolute Gasteiger partial charge is 0.262 e. The van der Waals surface area contributed by atoms with Gasteiger partial charge in [0.1, 0.15) is 0 Å². The van der Waals surface area contributed by atoms with Crippen LogP contribution in [0.5, 0.6) is 0 Å². The quantitative estimate of drug-likeness (QED) is 0.652. The molecule has 0 fully saturated rings. The standard InChI is InChI=1S/C20H15Cl2N3O/c1-12-4-6-16(7-5-12)25-19(18-17(20(25)26)3-2-8-23-18)24-15-10-13(21)9-14(22)11-15/h2-11,19,24H,1H3. The molecule has 2 aromatic carbocycles. The fourth-order valence-electron chi connectivity index (χ4n) is 3.09. The van der Waals surface area contributed by atoms with Gasteiger partial charge in [-0.1, -0.05) is 40.9 Å². The van der Waals surface area contributed by atoms with Crippen LogP contribution >= 0.6 is 23.2 Å². The number of carbonyl (C=O) groups excluding carboxylic acids is 1. The Morgan fingerprint density at radius 2 is 1.73 bits per heavy atom. The fourth-order valence-corrected chi connectivity index (χ4v) is 3.61. The van der Waals surface area contributed by atoms with Crippen LogP contribution in [0, 0.1) is 6.92 Å². The van der Waals surface area contributed by atoms with Gasteiger partial charge in [0.25, 0.3) is 5.91 Å². The highest BCUT2D eigenvalue weighted by atomic mass is 35.5. The number of halogens is 2. The number of amides is 1. The van der Waals surface area contributed by atoms with E-state index in [2.05, 4.69) is 10.3 Å². The van der Waals surface area contributed by atoms with E-state index in [4.69, 9.17) is 23.2 Å². The molecule has 0 saturated carbocycles. The van der Waals surface area contributed by atoms with E-state index in [1.807, 2.05) is 31.2 Å². The van der Waals surface area contributed by atoms with Crippen molar-refractivity contribution in [2.75, 3.05) is 10.2 Å². The third kappa shape index (κ3) is 3.02. The number of nitrogens with zero attached hydrogens (tertiary/aromatic N) is 2. The molecule has 4 nitrogen and oxygen atoms in total. The number of rotatable bonds is 3. The first-order chi connectivity index (χ1) is 12.5. The van der Waals surface area contributed by atoms with Crippen molar-refractivity contribution in [3.63, 3.8) is 0 Å². The van der Waals surface area contributed by atoms with Crippen molar-refractivity contribution in [1.82, 2.24) is 4.98 Å². The number of carbonyl (C=O) groups is 1. The molecule has 0 spiro atoms. The monoisotopic (exact) mass is 383 g/mol. The van der Waals surface area contributed by atoms with E-state index in [-0.39, 0.29) is 5.91 Å². The van der Waals surface area contributed by atoms with Gasteiger partial charge in [-0.2, -0.15) is 0 Å². The maximum atomic E-state index is 13.0. The number of anilines is 2. The molecule has 0 bridgehead atoms. The van der Waals surface area contributed by atoms with Gasteiger partial charge >= 0.3 is 0 Å². The summed E-state index contributed by atoms with van der Waals surface area (Å²) in [6.45, 7) is 2.01. The predicted molar refractivity (Wildman–Crippen MR) is 105 cm³/mol. The van der Waals surface area contributed by atoms with Gasteiger partial charge in [0, 0.05) is 27.6 Å². The van der Waals surface area contributed by atoms with Crippen molar-refractivity contribution in [2.24, 2.45) is 0 Å². The summed E-state index contributed by atoms with van der Waals surface area (Å²) in [5, 5.41) is 4.39. The van der Waals surface area contributed by atoms with Crippen LogP contribution in [0.4, 0.5) is 11.4 Å². The minimum atomic E-state index is -0.448. The summed E-state index contributed by atoms with van der Waals surface area (Å²) in [6, 6.07) is 16.6. The Morgan fingerprint density at radius 3 is 2.42 bits per heavy atom. The predicted octanol–water partition coefficient (Wildman–Crippen LogP) is 5.47. The molecule has 0 saturated heterocycles. The summed E-state index contributed by atoms with van der Waals surface area (Å²) >= 11 is 12.2. The zero-order valence-corrected chi connectivity index (χ0v) is 15.4. The highest BCUT2D eigenvalue weighted by Gasteiger charge is 2.39. The molecule has 1 aromatic heterocycles. The molecule has 6 heteroatoms. The molecular weight excluding hydrogens is 369 g/mol. The van der Waals surface area contributed by atoms with Gasteiger partial charge in [0.2, 0.25) is 0 Å². The Labute approximate surface area is 161 Å². The summed E-state index contributed by atoms with van der Waals surface area (Å²) in [5.74, 6) is -0.0948. The maximum Gasteiger partial charge on any atom is 0.262 e. The molecule has 1 aliphatic rings. The molecular formula is C20H15Cl2N3O.